The van der Waals surface area contributed by atoms with Crippen molar-refractivity contribution < 1.29 is 13.2 Å². The maximum absolute atomic E-state index is 13.2. The molecule has 2 N–H and O–H groups in total. The minimum absolute atomic E-state index is 0.0781. The van der Waals surface area contributed by atoms with Crippen molar-refractivity contribution in [2.75, 3.05) is 56.0 Å². The summed E-state index contributed by atoms with van der Waals surface area (Å²) in [6.45, 7) is 10.6. The van der Waals surface area contributed by atoms with E-state index in [9.17, 15) is 13.2 Å². The summed E-state index contributed by atoms with van der Waals surface area (Å²) in [6.07, 6.45) is 1.37. The zero-order valence-corrected chi connectivity index (χ0v) is 18.6. The minimum Gasteiger partial charge on any atom is -0.369 e. The topological polar surface area (TPSA) is 81.8 Å². The molecule has 2 aliphatic heterocycles. The zero-order valence-electron chi connectivity index (χ0n) is 17.8. The van der Waals surface area contributed by atoms with Crippen LogP contribution in [0.25, 0.3) is 0 Å². The van der Waals surface area contributed by atoms with Crippen LogP contribution in [0.2, 0.25) is 0 Å². The number of carbonyl (C=O) groups excluding carboxylic acids is 1. The number of benzene rings is 1. The summed E-state index contributed by atoms with van der Waals surface area (Å²) in [5, 5.41) is 5.80. The number of rotatable bonds is 6. The number of sulfone groups is 1. The van der Waals surface area contributed by atoms with Gasteiger partial charge in [0.25, 0.3) is 0 Å². The summed E-state index contributed by atoms with van der Waals surface area (Å²) < 4.78 is 25.7. The van der Waals surface area contributed by atoms with Crippen LogP contribution in [0.5, 0.6) is 0 Å². The predicted molar refractivity (Wildman–Crippen MR) is 118 cm³/mol. The van der Waals surface area contributed by atoms with Gasteiger partial charge in [0.15, 0.2) is 9.84 Å². The van der Waals surface area contributed by atoms with E-state index < -0.39 is 14.6 Å². The van der Waals surface area contributed by atoms with Crippen molar-refractivity contribution in [1.82, 2.24) is 10.2 Å². The maximum Gasteiger partial charge on any atom is 0.221 e. The van der Waals surface area contributed by atoms with Gasteiger partial charge in [-0.3, -0.25) is 9.69 Å². The summed E-state index contributed by atoms with van der Waals surface area (Å²) in [6, 6.07) is 7.89. The normalized spacial score (nSPS) is 20.6. The first-order valence-electron chi connectivity index (χ1n) is 10.5. The molecule has 1 amide bonds. The molecule has 0 radical (unpaired) electrons. The lowest BCUT2D eigenvalue weighted by atomic mass is 9.96. The van der Waals surface area contributed by atoms with Gasteiger partial charge in [-0.05, 0) is 58.0 Å². The first-order valence-corrected chi connectivity index (χ1v) is 12.1. The molecule has 0 saturated carbocycles. The fraction of sp³-hybridized carbons (Fsp3) is 0.667. The zero-order chi connectivity index (χ0) is 21.1. The van der Waals surface area contributed by atoms with Gasteiger partial charge in [0.2, 0.25) is 5.91 Å². The average molecular weight is 423 g/mol. The summed E-state index contributed by atoms with van der Waals surface area (Å²) in [4.78, 5) is 15.9. The van der Waals surface area contributed by atoms with E-state index in [-0.39, 0.29) is 11.2 Å². The van der Waals surface area contributed by atoms with Gasteiger partial charge in [0.1, 0.15) is 0 Å². The predicted octanol–water partition coefficient (Wildman–Crippen LogP) is 1.71. The SMILES string of the molecule is CC(=O)Nc1cccc(N2CCN(CC3(S(=O)(=O)C(C)C)CCNCC3)CC2)c1. The van der Waals surface area contributed by atoms with Crippen molar-refractivity contribution in [3.63, 3.8) is 0 Å². The summed E-state index contributed by atoms with van der Waals surface area (Å²) in [7, 11) is -3.18. The highest BCUT2D eigenvalue weighted by molar-refractivity contribution is 7.93. The van der Waals surface area contributed by atoms with E-state index in [1.54, 1.807) is 13.8 Å². The number of carbonyl (C=O) groups is 1. The number of piperidine rings is 1. The third kappa shape index (κ3) is 4.92. The molecule has 1 aromatic carbocycles. The molecule has 0 unspecified atom stereocenters. The van der Waals surface area contributed by atoms with Gasteiger partial charge in [-0.2, -0.15) is 0 Å². The highest BCUT2D eigenvalue weighted by Crippen LogP contribution is 2.33. The lowest BCUT2D eigenvalue weighted by Gasteiger charge is -2.44. The molecular formula is C21H34N4O3S. The van der Waals surface area contributed by atoms with E-state index in [0.29, 0.717) is 19.4 Å². The number of nitrogens with one attached hydrogen (secondary N) is 2. The van der Waals surface area contributed by atoms with Crippen LogP contribution >= 0.6 is 0 Å². The highest BCUT2D eigenvalue weighted by atomic mass is 32.2. The Labute approximate surface area is 174 Å². The molecule has 2 heterocycles. The molecule has 0 bridgehead atoms. The van der Waals surface area contributed by atoms with E-state index in [2.05, 4.69) is 26.5 Å². The molecule has 2 fully saturated rings. The fourth-order valence-electron chi connectivity index (χ4n) is 4.47. The second-order valence-electron chi connectivity index (χ2n) is 8.52. The van der Waals surface area contributed by atoms with E-state index in [0.717, 1.165) is 50.6 Å². The maximum atomic E-state index is 13.2. The quantitative estimate of drug-likeness (QED) is 0.726. The van der Waals surface area contributed by atoms with Crippen molar-refractivity contribution in [3.05, 3.63) is 24.3 Å². The lowest BCUT2D eigenvalue weighted by molar-refractivity contribution is -0.114. The Hall–Kier alpha value is -1.64. The molecule has 2 saturated heterocycles. The van der Waals surface area contributed by atoms with Crippen LogP contribution in [0.4, 0.5) is 11.4 Å². The molecule has 0 aliphatic carbocycles. The largest absolute Gasteiger partial charge is 0.369 e. The summed E-state index contributed by atoms with van der Waals surface area (Å²) >= 11 is 0. The third-order valence-electron chi connectivity index (χ3n) is 6.15. The number of nitrogens with zero attached hydrogens (tertiary/aromatic N) is 2. The van der Waals surface area contributed by atoms with Crippen molar-refractivity contribution in [1.29, 1.82) is 0 Å². The van der Waals surface area contributed by atoms with Crippen LogP contribution < -0.4 is 15.5 Å². The Kier molecular flexibility index (Phi) is 6.86. The van der Waals surface area contributed by atoms with Crippen LogP contribution in [0.1, 0.15) is 33.6 Å². The van der Waals surface area contributed by atoms with Crippen LogP contribution in [0.15, 0.2) is 24.3 Å². The van der Waals surface area contributed by atoms with E-state index >= 15 is 0 Å². The van der Waals surface area contributed by atoms with Gasteiger partial charge in [-0.15, -0.1) is 0 Å². The third-order valence-corrected chi connectivity index (χ3v) is 9.14. The summed E-state index contributed by atoms with van der Waals surface area (Å²) in [5.41, 5.74) is 1.89. The molecule has 162 valence electrons. The second kappa shape index (κ2) is 9.02. The molecule has 3 rings (SSSR count). The highest BCUT2D eigenvalue weighted by Gasteiger charge is 2.47. The van der Waals surface area contributed by atoms with E-state index in [1.807, 2.05) is 18.2 Å². The number of piperazine rings is 1. The van der Waals surface area contributed by atoms with Gasteiger partial charge in [0, 0.05) is 51.0 Å². The van der Waals surface area contributed by atoms with Gasteiger partial charge in [0.05, 0.1) is 10.00 Å². The molecule has 0 spiro atoms. The Bertz CT molecular complexity index is 811. The van der Waals surface area contributed by atoms with Crippen LogP contribution in [-0.2, 0) is 14.6 Å². The van der Waals surface area contributed by atoms with Crippen LogP contribution in [-0.4, -0.2) is 75.0 Å². The lowest BCUT2D eigenvalue weighted by Crippen LogP contribution is -2.59. The Morgan fingerprint density at radius 1 is 1.17 bits per heavy atom. The molecule has 8 heteroatoms. The Morgan fingerprint density at radius 3 is 2.41 bits per heavy atom. The van der Waals surface area contributed by atoms with Crippen LogP contribution in [0.3, 0.4) is 0 Å². The number of hydrogen-bond acceptors (Lipinski definition) is 6. The van der Waals surface area contributed by atoms with Crippen LogP contribution in [0, 0.1) is 0 Å². The number of hydrogen-bond donors (Lipinski definition) is 2. The Balaban J connectivity index is 1.66. The first-order chi connectivity index (χ1) is 13.7. The van der Waals surface area contributed by atoms with E-state index in [4.69, 9.17) is 0 Å². The van der Waals surface area contributed by atoms with E-state index in [1.165, 1.54) is 6.92 Å². The standard InChI is InChI=1S/C21H34N4O3S/c1-17(2)29(27,28)21(7-9-22-10-8-21)16-24-11-13-25(14-12-24)20-6-4-5-19(15-20)23-18(3)26/h4-6,15,17,22H,7-14,16H2,1-3H3,(H,23,26). The molecule has 1 aromatic rings. The molecule has 2 aliphatic rings. The number of amides is 1. The van der Waals surface area contributed by atoms with Gasteiger partial charge in [-0.25, -0.2) is 8.42 Å². The summed E-state index contributed by atoms with van der Waals surface area (Å²) in [5.74, 6) is -0.0781. The van der Waals surface area contributed by atoms with Gasteiger partial charge in [-0.1, -0.05) is 6.07 Å². The smallest absolute Gasteiger partial charge is 0.221 e. The molecule has 0 aromatic heterocycles. The minimum atomic E-state index is -3.18. The molecule has 29 heavy (non-hydrogen) atoms. The van der Waals surface area contributed by atoms with Crippen molar-refractivity contribution in [2.45, 2.75) is 43.6 Å². The van der Waals surface area contributed by atoms with Crippen molar-refractivity contribution in [3.8, 4) is 0 Å². The van der Waals surface area contributed by atoms with Gasteiger partial charge >= 0.3 is 0 Å². The average Bonchev–Trinajstić information content (AvgIpc) is 2.69. The van der Waals surface area contributed by atoms with Gasteiger partial charge < -0.3 is 15.5 Å². The first kappa shape index (κ1) is 22.1. The molecule has 7 nitrogen and oxygen atoms in total. The van der Waals surface area contributed by atoms with Crippen molar-refractivity contribution in [2.24, 2.45) is 0 Å². The molecular weight excluding hydrogens is 388 g/mol. The number of anilines is 2. The molecule has 0 atom stereocenters. The Morgan fingerprint density at radius 2 is 1.83 bits per heavy atom. The monoisotopic (exact) mass is 422 g/mol. The fourth-order valence-corrected chi connectivity index (χ4v) is 6.61. The van der Waals surface area contributed by atoms with Crippen molar-refractivity contribution >= 4 is 27.1 Å². The second-order valence-corrected chi connectivity index (χ2v) is 11.4.